The quantitative estimate of drug-likeness (QED) is 0.667. The van der Waals surface area contributed by atoms with E-state index in [0.717, 1.165) is 6.07 Å². The summed E-state index contributed by atoms with van der Waals surface area (Å²) in [7, 11) is 0. The van der Waals surface area contributed by atoms with E-state index >= 15 is 0 Å². The maximum absolute atomic E-state index is 13.8. The number of fused-ring (bicyclic) bond motifs is 1. The molecule has 0 aliphatic carbocycles. The lowest BCUT2D eigenvalue weighted by molar-refractivity contribution is 0.588. The van der Waals surface area contributed by atoms with E-state index in [0.29, 0.717) is 16.1 Å². The minimum absolute atomic E-state index is 0.103. The molecule has 0 saturated carbocycles. The fourth-order valence-corrected chi connectivity index (χ4v) is 2.09. The third-order valence-electron chi connectivity index (χ3n) is 2.80. The molecule has 3 rings (SSSR count). The maximum atomic E-state index is 13.8. The molecule has 3 nitrogen and oxygen atoms in total. The highest BCUT2D eigenvalue weighted by Gasteiger charge is 2.14. The molecule has 0 aliphatic heterocycles. The van der Waals surface area contributed by atoms with Crippen molar-refractivity contribution in [2.75, 3.05) is 5.73 Å². The number of aromatic amines is 1. The normalized spacial score (nSPS) is 11.1. The Morgan fingerprint density at radius 2 is 1.95 bits per heavy atom. The zero-order valence-electron chi connectivity index (χ0n) is 9.55. The number of para-hydroxylation sites is 1. The zero-order valence-corrected chi connectivity index (χ0v) is 10.3. The molecule has 0 radical (unpaired) electrons. The number of anilines is 1. The Morgan fingerprint density at radius 3 is 2.68 bits per heavy atom. The van der Waals surface area contributed by atoms with E-state index in [1.165, 1.54) is 6.07 Å². The number of hydrogen-bond acceptors (Lipinski definition) is 2. The van der Waals surface area contributed by atoms with Crippen LogP contribution in [0.4, 0.5) is 14.5 Å². The molecule has 0 saturated heterocycles. The van der Waals surface area contributed by atoms with Crippen LogP contribution in [0.1, 0.15) is 0 Å². The van der Waals surface area contributed by atoms with Gasteiger partial charge in [0.1, 0.15) is 23.0 Å². The average molecular weight is 280 g/mol. The van der Waals surface area contributed by atoms with Crippen LogP contribution in [-0.4, -0.2) is 9.97 Å². The summed E-state index contributed by atoms with van der Waals surface area (Å²) in [4.78, 5) is 7.14. The van der Waals surface area contributed by atoms with Crippen LogP contribution in [0, 0.1) is 11.6 Å². The molecule has 19 heavy (non-hydrogen) atoms. The fourth-order valence-electron chi connectivity index (χ4n) is 1.87. The molecule has 0 spiro atoms. The van der Waals surface area contributed by atoms with Crippen LogP contribution in [0.2, 0.25) is 5.02 Å². The van der Waals surface area contributed by atoms with E-state index in [9.17, 15) is 8.78 Å². The molecule has 1 aromatic heterocycles. The molecule has 3 aromatic rings. The van der Waals surface area contributed by atoms with Gasteiger partial charge in [-0.25, -0.2) is 13.8 Å². The lowest BCUT2D eigenvalue weighted by Crippen LogP contribution is -1.95. The smallest absolute Gasteiger partial charge is 0.149 e. The number of benzene rings is 2. The van der Waals surface area contributed by atoms with Gasteiger partial charge in [0, 0.05) is 6.07 Å². The van der Waals surface area contributed by atoms with Gasteiger partial charge in [0.15, 0.2) is 0 Å². The van der Waals surface area contributed by atoms with Crippen LogP contribution < -0.4 is 5.73 Å². The Bertz CT molecular complexity index is 783. The van der Waals surface area contributed by atoms with Gasteiger partial charge in [-0.15, -0.1) is 0 Å². The number of nitrogens with zero attached hydrogens (tertiary/aromatic N) is 1. The topological polar surface area (TPSA) is 54.7 Å². The third kappa shape index (κ3) is 1.92. The van der Waals surface area contributed by atoms with Gasteiger partial charge in [-0.3, -0.25) is 0 Å². The van der Waals surface area contributed by atoms with Crippen LogP contribution in [0.25, 0.3) is 22.4 Å². The van der Waals surface area contributed by atoms with Crippen molar-refractivity contribution in [3.05, 3.63) is 47.0 Å². The molecule has 0 bridgehead atoms. The maximum Gasteiger partial charge on any atom is 0.149 e. The molecule has 6 heteroatoms. The molecular weight excluding hydrogens is 272 g/mol. The average Bonchev–Trinajstić information content (AvgIpc) is 2.79. The number of H-pyrrole nitrogens is 1. The molecule has 3 N–H and O–H groups in total. The lowest BCUT2D eigenvalue weighted by Gasteiger charge is -2.02. The number of imidazole rings is 1. The molecule has 1 heterocycles. The molecule has 0 unspecified atom stereocenters. The number of nitrogens with two attached hydrogens (primary N) is 1. The first-order chi connectivity index (χ1) is 9.06. The van der Waals surface area contributed by atoms with Crippen LogP contribution >= 0.6 is 11.6 Å². The van der Waals surface area contributed by atoms with E-state index in [2.05, 4.69) is 9.97 Å². The molecule has 0 aliphatic rings. The van der Waals surface area contributed by atoms with Crippen molar-refractivity contribution in [3.63, 3.8) is 0 Å². The van der Waals surface area contributed by atoms with Crippen LogP contribution in [0.5, 0.6) is 0 Å². The number of nitrogen functional groups attached to an aromatic ring is 1. The highest BCUT2D eigenvalue weighted by Crippen LogP contribution is 2.29. The summed E-state index contributed by atoms with van der Waals surface area (Å²) >= 11 is 5.99. The SMILES string of the molecule is Nc1cc(-c2nc3c(Cl)cccc3[nH]2)c(F)cc1F. The van der Waals surface area contributed by atoms with Crippen LogP contribution in [0.15, 0.2) is 30.3 Å². The zero-order chi connectivity index (χ0) is 13.6. The summed E-state index contributed by atoms with van der Waals surface area (Å²) in [5, 5.41) is 0.454. The summed E-state index contributed by atoms with van der Waals surface area (Å²) in [6.45, 7) is 0. The minimum Gasteiger partial charge on any atom is -0.396 e. The second-order valence-electron chi connectivity index (χ2n) is 4.07. The van der Waals surface area contributed by atoms with Gasteiger partial charge in [0.2, 0.25) is 0 Å². The van der Waals surface area contributed by atoms with Crippen molar-refractivity contribution in [3.8, 4) is 11.4 Å². The number of aromatic nitrogens is 2. The van der Waals surface area contributed by atoms with Gasteiger partial charge < -0.3 is 10.7 Å². The number of halogens is 3. The Hall–Kier alpha value is -2.14. The summed E-state index contributed by atoms with van der Waals surface area (Å²) in [5.41, 5.74) is 6.61. The number of nitrogens with one attached hydrogen (secondary N) is 1. The monoisotopic (exact) mass is 279 g/mol. The fraction of sp³-hybridized carbons (Fsp3) is 0. The number of rotatable bonds is 1. The van der Waals surface area contributed by atoms with Gasteiger partial charge in [0.25, 0.3) is 0 Å². The summed E-state index contributed by atoms with van der Waals surface area (Å²) in [6, 6.07) is 7.14. The second-order valence-corrected chi connectivity index (χ2v) is 4.48. The molecule has 0 atom stereocenters. The van der Waals surface area contributed by atoms with Gasteiger partial charge >= 0.3 is 0 Å². The van der Waals surface area contributed by atoms with E-state index in [1.54, 1.807) is 18.2 Å². The van der Waals surface area contributed by atoms with Crippen molar-refractivity contribution in [2.45, 2.75) is 0 Å². The first kappa shape index (κ1) is 11.9. The molecule has 2 aromatic carbocycles. The largest absolute Gasteiger partial charge is 0.396 e. The summed E-state index contributed by atoms with van der Waals surface area (Å²) in [6.07, 6.45) is 0. The first-order valence-corrected chi connectivity index (χ1v) is 5.83. The molecule has 0 amide bonds. The standard InChI is InChI=1S/C13H8ClF2N3/c14-7-2-1-3-11-12(7)19-13(18-11)6-4-10(17)9(16)5-8(6)15/h1-5H,17H2,(H,18,19). The molecular formula is C13H8ClF2N3. The van der Waals surface area contributed by atoms with Crippen LogP contribution in [0.3, 0.4) is 0 Å². The lowest BCUT2D eigenvalue weighted by atomic mass is 10.1. The van der Waals surface area contributed by atoms with Gasteiger partial charge in [-0.1, -0.05) is 17.7 Å². The summed E-state index contributed by atoms with van der Waals surface area (Å²) < 4.78 is 26.9. The van der Waals surface area contributed by atoms with E-state index in [1.807, 2.05) is 0 Å². The van der Waals surface area contributed by atoms with E-state index in [4.69, 9.17) is 17.3 Å². The van der Waals surface area contributed by atoms with Crippen molar-refractivity contribution in [2.24, 2.45) is 0 Å². The Morgan fingerprint density at radius 1 is 1.16 bits per heavy atom. The predicted molar refractivity (Wildman–Crippen MR) is 70.9 cm³/mol. The Kier molecular flexibility index (Phi) is 2.64. The Balaban J connectivity index is 2.25. The van der Waals surface area contributed by atoms with Crippen molar-refractivity contribution < 1.29 is 8.78 Å². The first-order valence-electron chi connectivity index (χ1n) is 5.45. The van der Waals surface area contributed by atoms with E-state index < -0.39 is 11.6 Å². The third-order valence-corrected chi connectivity index (χ3v) is 3.11. The summed E-state index contributed by atoms with van der Waals surface area (Å²) in [5.74, 6) is -1.27. The van der Waals surface area contributed by atoms with Crippen molar-refractivity contribution in [1.82, 2.24) is 9.97 Å². The molecule has 0 fully saturated rings. The Labute approximate surface area is 112 Å². The van der Waals surface area contributed by atoms with Crippen molar-refractivity contribution in [1.29, 1.82) is 0 Å². The second kappa shape index (κ2) is 4.20. The van der Waals surface area contributed by atoms with Gasteiger partial charge in [0.05, 0.1) is 21.8 Å². The van der Waals surface area contributed by atoms with Crippen molar-refractivity contribution >= 4 is 28.3 Å². The van der Waals surface area contributed by atoms with Gasteiger partial charge in [-0.05, 0) is 18.2 Å². The van der Waals surface area contributed by atoms with Gasteiger partial charge in [-0.2, -0.15) is 0 Å². The predicted octanol–water partition coefficient (Wildman–Crippen LogP) is 3.74. The molecule has 96 valence electrons. The van der Waals surface area contributed by atoms with Crippen LogP contribution in [-0.2, 0) is 0 Å². The number of hydrogen-bond donors (Lipinski definition) is 2. The highest BCUT2D eigenvalue weighted by atomic mass is 35.5. The highest BCUT2D eigenvalue weighted by molar-refractivity contribution is 6.35. The minimum atomic E-state index is -0.796. The van der Waals surface area contributed by atoms with E-state index in [-0.39, 0.29) is 17.1 Å².